The number of halogens is 1. The van der Waals surface area contributed by atoms with E-state index in [1.165, 1.54) is 23.9 Å². The van der Waals surface area contributed by atoms with Gasteiger partial charge in [-0.1, -0.05) is 17.2 Å². The van der Waals surface area contributed by atoms with Crippen molar-refractivity contribution in [3.8, 4) is 0 Å². The summed E-state index contributed by atoms with van der Waals surface area (Å²) in [7, 11) is 1.84. The molecule has 4 rings (SSSR count). The van der Waals surface area contributed by atoms with Crippen LogP contribution in [0.2, 0.25) is 0 Å². The van der Waals surface area contributed by atoms with Crippen LogP contribution in [0.15, 0.2) is 35.6 Å². The van der Waals surface area contributed by atoms with E-state index in [9.17, 15) is 9.18 Å². The average molecular weight is 399 g/mol. The SMILES string of the molecule is Bc1cnc(C(=O)Nc2ccc(F)c(C34CCOCC3CSC(N)=N4)c2)nc1. The molecule has 3 N–H and O–H groups in total. The number of amides is 1. The molecular formula is C18H19BFN5O2S. The van der Waals surface area contributed by atoms with Crippen molar-refractivity contribution in [3.05, 3.63) is 47.8 Å². The van der Waals surface area contributed by atoms with E-state index in [0.29, 0.717) is 41.8 Å². The summed E-state index contributed by atoms with van der Waals surface area (Å²) in [6, 6.07) is 4.49. The molecule has 0 saturated carbocycles. The fourth-order valence-electron chi connectivity index (χ4n) is 3.59. The zero-order valence-electron chi connectivity index (χ0n) is 15.3. The molecular weight excluding hydrogens is 380 g/mol. The molecule has 2 aliphatic rings. The maximum atomic E-state index is 14.9. The summed E-state index contributed by atoms with van der Waals surface area (Å²) in [5.41, 5.74) is 6.94. The average Bonchev–Trinajstić information content (AvgIpc) is 2.69. The van der Waals surface area contributed by atoms with E-state index < -0.39 is 11.4 Å². The lowest BCUT2D eigenvalue weighted by Crippen LogP contribution is -2.47. The maximum Gasteiger partial charge on any atom is 0.293 e. The summed E-state index contributed by atoms with van der Waals surface area (Å²) in [5, 5.41) is 3.19. The number of amidine groups is 1. The van der Waals surface area contributed by atoms with E-state index in [-0.39, 0.29) is 17.6 Å². The van der Waals surface area contributed by atoms with Gasteiger partial charge < -0.3 is 15.8 Å². The maximum absolute atomic E-state index is 14.9. The van der Waals surface area contributed by atoms with Crippen LogP contribution in [0.25, 0.3) is 0 Å². The second-order valence-corrected chi connectivity index (χ2v) is 7.98. The summed E-state index contributed by atoms with van der Waals surface area (Å²) >= 11 is 1.46. The minimum absolute atomic E-state index is 0.0134. The molecule has 7 nitrogen and oxygen atoms in total. The summed E-state index contributed by atoms with van der Waals surface area (Å²) in [6.45, 7) is 0.974. The second kappa shape index (κ2) is 7.52. The first-order chi connectivity index (χ1) is 13.5. The van der Waals surface area contributed by atoms with Gasteiger partial charge in [-0.05, 0) is 18.2 Å². The number of hydrogen-bond donors (Lipinski definition) is 2. The number of hydrogen-bond acceptors (Lipinski definition) is 7. The largest absolute Gasteiger partial charge is 0.381 e. The summed E-state index contributed by atoms with van der Waals surface area (Å²) in [4.78, 5) is 25.1. The van der Waals surface area contributed by atoms with E-state index in [4.69, 9.17) is 10.5 Å². The zero-order valence-corrected chi connectivity index (χ0v) is 16.1. The minimum atomic E-state index is -0.779. The minimum Gasteiger partial charge on any atom is -0.381 e. The summed E-state index contributed by atoms with van der Waals surface area (Å²) < 4.78 is 20.4. The fourth-order valence-corrected chi connectivity index (χ4v) is 4.56. The molecule has 1 saturated heterocycles. The van der Waals surface area contributed by atoms with Crippen LogP contribution in [0.5, 0.6) is 0 Å². The lowest BCUT2D eigenvalue weighted by Gasteiger charge is -2.44. The highest BCUT2D eigenvalue weighted by Gasteiger charge is 2.47. The van der Waals surface area contributed by atoms with Gasteiger partial charge >= 0.3 is 0 Å². The molecule has 3 heterocycles. The predicted molar refractivity (Wildman–Crippen MR) is 109 cm³/mol. The number of aromatic nitrogens is 2. The number of fused-ring (bicyclic) bond motifs is 1. The van der Waals surface area contributed by atoms with Gasteiger partial charge in [0.25, 0.3) is 5.91 Å². The first-order valence-electron chi connectivity index (χ1n) is 8.94. The van der Waals surface area contributed by atoms with Gasteiger partial charge in [-0.2, -0.15) is 0 Å². The van der Waals surface area contributed by atoms with Gasteiger partial charge in [0, 0.05) is 48.3 Å². The van der Waals surface area contributed by atoms with Gasteiger partial charge in [0.2, 0.25) is 5.82 Å². The van der Waals surface area contributed by atoms with Crippen LogP contribution in [0.3, 0.4) is 0 Å². The number of carbonyl (C=O) groups excluding carboxylic acids is 1. The summed E-state index contributed by atoms with van der Waals surface area (Å²) in [5.74, 6) is -0.0576. The highest BCUT2D eigenvalue weighted by Crippen LogP contribution is 2.46. The molecule has 2 unspecified atom stereocenters. The number of rotatable bonds is 3. The van der Waals surface area contributed by atoms with Gasteiger partial charge in [-0.15, -0.1) is 0 Å². The van der Waals surface area contributed by atoms with Crippen molar-refractivity contribution in [3.63, 3.8) is 0 Å². The molecule has 2 atom stereocenters. The van der Waals surface area contributed by atoms with Crippen LogP contribution in [-0.2, 0) is 10.3 Å². The van der Waals surface area contributed by atoms with Crippen LogP contribution in [0.1, 0.15) is 22.6 Å². The van der Waals surface area contributed by atoms with Crippen LogP contribution < -0.4 is 16.5 Å². The molecule has 144 valence electrons. The fraction of sp³-hybridized carbons (Fsp3) is 0.333. The van der Waals surface area contributed by atoms with Crippen molar-refractivity contribution < 1.29 is 13.9 Å². The Kier molecular flexibility index (Phi) is 5.07. The number of aliphatic imine (C=N–C) groups is 1. The second-order valence-electron chi connectivity index (χ2n) is 6.94. The Labute approximate surface area is 166 Å². The first-order valence-corrected chi connectivity index (χ1v) is 9.92. The molecule has 1 aromatic heterocycles. The third-order valence-electron chi connectivity index (χ3n) is 5.04. The molecule has 0 bridgehead atoms. The standard InChI is InChI=1S/C18H19BFN5O2S/c19-11-6-22-15(23-7-11)16(26)24-12-1-2-14(20)13(5-12)18-3-4-27-8-10(18)9-28-17(21)25-18/h1-2,5-7,10H,3-4,8-9,19H2,(H2,21,25)(H,24,26). The van der Waals surface area contributed by atoms with Gasteiger partial charge in [0.15, 0.2) is 5.17 Å². The van der Waals surface area contributed by atoms with Crippen molar-refractivity contribution in [1.82, 2.24) is 9.97 Å². The van der Waals surface area contributed by atoms with E-state index in [1.54, 1.807) is 18.5 Å². The molecule has 1 amide bonds. The number of nitrogens with one attached hydrogen (secondary N) is 1. The number of ether oxygens (including phenoxy) is 1. The Balaban J connectivity index is 1.68. The Morgan fingerprint density at radius 2 is 2.18 bits per heavy atom. The van der Waals surface area contributed by atoms with Gasteiger partial charge in [-0.25, -0.2) is 14.4 Å². The van der Waals surface area contributed by atoms with Crippen LogP contribution >= 0.6 is 11.8 Å². The first kappa shape index (κ1) is 18.9. The molecule has 0 radical (unpaired) electrons. The smallest absolute Gasteiger partial charge is 0.293 e. The predicted octanol–water partition coefficient (Wildman–Crippen LogP) is 0.420. The van der Waals surface area contributed by atoms with Crippen molar-refractivity contribution >= 4 is 41.8 Å². The van der Waals surface area contributed by atoms with E-state index >= 15 is 0 Å². The quantitative estimate of drug-likeness (QED) is 0.726. The molecule has 0 spiro atoms. The number of benzene rings is 1. The number of nitrogens with two attached hydrogens (primary N) is 1. The lowest BCUT2D eigenvalue weighted by molar-refractivity contribution is 0.00886. The monoisotopic (exact) mass is 399 g/mol. The van der Waals surface area contributed by atoms with Crippen molar-refractivity contribution in [1.29, 1.82) is 0 Å². The normalized spacial score (nSPS) is 24.2. The number of anilines is 1. The molecule has 1 fully saturated rings. The van der Waals surface area contributed by atoms with Gasteiger partial charge in [-0.3, -0.25) is 9.79 Å². The summed E-state index contributed by atoms with van der Waals surface area (Å²) in [6.07, 6.45) is 3.68. The van der Waals surface area contributed by atoms with Crippen molar-refractivity contribution in [2.45, 2.75) is 12.0 Å². The third kappa shape index (κ3) is 3.49. The number of carbonyl (C=O) groups is 1. The Morgan fingerprint density at radius 3 is 2.96 bits per heavy atom. The van der Waals surface area contributed by atoms with Crippen LogP contribution in [-0.4, -0.2) is 47.9 Å². The van der Waals surface area contributed by atoms with E-state index in [0.717, 1.165) is 5.46 Å². The molecule has 2 aromatic rings. The third-order valence-corrected chi connectivity index (χ3v) is 5.99. The number of nitrogens with zero attached hydrogens (tertiary/aromatic N) is 3. The highest BCUT2D eigenvalue weighted by atomic mass is 32.2. The Morgan fingerprint density at radius 1 is 1.39 bits per heavy atom. The molecule has 10 heteroatoms. The van der Waals surface area contributed by atoms with Crippen molar-refractivity contribution in [2.75, 3.05) is 24.3 Å². The van der Waals surface area contributed by atoms with E-state index in [1.807, 2.05) is 7.85 Å². The Hall–Kier alpha value is -2.46. The lowest BCUT2D eigenvalue weighted by atomic mass is 9.75. The van der Waals surface area contributed by atoms with Crippen LogP contribution in [0, 0.1) is 11.7 Å². The van der Waals surface area contributed by atoms with Crippen LogP contribution in [0.4, 0.5) is 10.1 Å². The topological polar surface area (TPSA) is 102 Å². The van der Waals surface area contributed by atoms with Gasteiger partial charge in [0.1, 0.15) is 13.7 Å². The Bertz CT molecular complexity index is 942. The highest BCUT2D eigenvalue weighted by molar-refractivity contribution is 8.13. The van der Waals surface area contributed by atoms with Crippen molar-refractivity contribution in [2.24, 2.45) is 16.6 Å². The van der Waals surface area contributed by atoms with E-state index in [2.05, 4.69) is 20.3 Å². The molecule has 0 aliphatic carbocycles. The molecule has 2 aliphatic heterocycles. The zero-order chi connectivity index (χ0) is 19.7. The number of thioether (sulfide) groups is 1. The molecule has 28 heavy (non-hydrogen) atoms. The van der Waals surface area contributed by atoms with Gasteiger partial charge in [0.05, 0.1) is 12.1 Å². The molecule has 1 aromatic carbocycles.